The fourth-order valence-corrected chi connectivity index (χ4v) is 0.839. The molecule has 4 heteroatoms. The van der Waals surface area contributed by atoms with Gasteiger partial charge in [-0.05, 0) is 6.92 Å². The van der Waals surface area contributed by atoms with E-state index in [2.05, 4.69) is 4.74 Å². The number of esters is 1. The molecule has 0 atom stereocenters. The van der Waals surface area contributed by atoms with Crippen molar-refractivity contribution in [1.29, 1.82) is 0 Å². The summed E-state index contributed by atoms with van der Waals surface area (Å²) in [5.74, 6) is 0.256. The van der Waals surface area contributed by atoms with Crippen LogP contribution in [0.4, 0.5) is 0 Å². The molecule has 1 N–H and O–H groups in total. The minimum atomic E-state index is -0.437. The molecule has 0 saturated heterocycles. The third-order valence-corrected chi connectivity index (χ3v) is 1.41. The molecule has 0 bridgehead atoms. The Hall–Kier alpha value is -1.29. The molecule has 0 aromatic carbocycles. The number of furan rings is 1. The van der Waals surface area contributed by atoms with Gasteiger partial charge in [-0.1, -0.05) is 0 Å². The zero-order valence-electron chi connectivity index (χ0n) is 6.96. The first kappa shape index (κ1) is 8.80. The lowest BCUT2D eigenvalue weighted by atomic mass is 10.3. The van der Waals surface area contributed by atoms with Crippen LogP contribution < -0.4 is 4.74 Å². The van der Waals surface area contributed by atoms with Gasteiger partial charge in [0.1, 0.15) is 5.76 Å². The summed E-state index contributed by atoms with van der Waals surface area (Å²) in [6.45, 7) is 2.87. The standard InChI is InChI=1S/C8H10O4/c1-5-7(4-9)3-8(11-5)12-6(2)10/h3,9H,4H2,1-2H3. The molecule has 66 valence electrons. The van der Waals surface area contributed by atoms with E-state index in [1.54, 1.807) is 6.92 Å². The van der Waals surface area contributed by atoms with Crippen molar-refractivity contribution in [1.82, 2.24) is 0 Å². The number of hydrogen-bond acceptors (Lipinski definition) is 4. The van der Waals surface area contributed by atoms with Gasteiger partial charge in [0.05, 0.1) is 6.61 Å². The van der Waals surface area contributed by atoms with Gasteiger partial charge in [-0.15, -0.1) is 0 Å². The monoisotopic (exact) mass is 170 g/mol. The molecule has 1 heterocycles. The molecular formula is C8H10O4. The van der Waals surface area contributed by atoms with Gasteiger partial charge in [0.15, 0.2) is 0 Å². The fraction of sp³-hybridized carbons (Fsp3) is 0.375. The lowest BCUT2D eigenvalue weighted by Crippen LogP contribution is -1.99. The Kier molecular flexibility index (Phi) is 2.50. The quantitative estimate of drug-likeness (QED) is 0.673. The van der Waals surface area contributed by atoms with Gasteiger partial charge in [-0.3, -0.25) is 4.79 Å². The molecule has 1 rings (SSSR count). The average molecular weight is 170 g/mol. The van der Waals surface area contributed by atoms with Crippen LogP contribution in [0.15, 0.2) is 10.5 Å². The maximum Gasteiger partial charge on any atom is 0.310 e. The summed E-state index contributed by atoms with van der Waals surface area (Å²) < 4.78 is 9.67. The number of aryl methyl sites for hydroxylation is 1. The largest absolute Gasteiger partial charge is 0.430 e. The Bertz CT molecular complexity index is 287. The van der Waals surface area contributed by atoms with Crippen molar-refractivity contribution < 1.29 is 19.1 Å². The predicted molar refractivity (Wildman–Crippen MR) is 40.7 cm³/mol. The second-order valence-corrected chi connectivity index (χ2v) is 2.40. The summed E-state index contributed by atoms with van der Waals surface area (Å²) in [5.41, 5.74) is 0.631. The van der Waals surface area contributed by atoms with E-state index in [1.165, 1.54) is 13.0 Å². The van der Waals surface area contributed by atoms with Crippen LogP contribution in [-0.4, -0.2) is 11.1 Å². The van der Waals surface area contributed by atoms with Crippen LogP contribution >= 0.6 is 0 Å². The van der Waals surface area contributed by atoms with Crippen LogP contribution in [0.25, 0.3) is 0 Å². The Morgan fingerprint density at radius 3 is 2.83 bits per heavy atom. The molecule has 0 radical (unpaired) electrons. The third kappa shape index (κ3) is 1.85. The maximum atomic E-state index is 10.5. The summed E-state index contributed by atoms with van der Waals surface area (Å²) in [5, 5.41) is 8.77. The van der Waals surface area contributed by atoms with Crippen LogP contribution in [0, 0.1) is 6.92 Å². The first-order chi connectivity index (χ1) is 5.63. The van der Waals surface area contributed by atoms with Gasteiger partial charge in [-0.2, -0.15) is 0 Å². The van der Waals surface area contributed by atoms with E-state index in [4.69, 9.17) is 9.52 Å². The molecule has 0 aliphatic rings. The molecule has 12 heavy (non-hydrogen) atoms. The minimum absolute atomic E-state index is 0.114. The number of aliphatic hydroxyl groups is 1. The molecule has 4 nitrogen and oxygen atoms in total. The van der Waals surface area contributed by atoms with Crippen LogP contribution in [0.3, 0.4) is 0 Å². The zero-order valence-corrected chi connectivity index (χ0v) is 6.96. The highest BCUT2D eigenvalue weighted by atomic mass is 16.6. The molecule has 0 unspecified atom stereocenters. The average Bonchev–Trinajstić information content (AvgIpc) is 2.29. The summed E-state index contributed by atoms with van der Waals surface area (Å²) >= 11 is 0. The summed E-state index contributed by atoms with van der Waals surface area (Å²) in [4.78, 5) is 10.5. The molecule has 0 spiro atoms. The summed E-state index contributed by atoms with van der Waals surface area (Å²) in [7, 11) is 0. The Morgan fingerprint density at radius 2 is 2.42 bits per heavy atom. The number of aliphatic hydroxyl groups excluding tert-OH is 1. The highest BCUT2D eigenvalue weighted by Crippen LogP contribution is 2.20. The fourth-order valence-electron chi connectivity index (χ4n) is 0.839. The van der Waals surface area contributed by atoms with Crippen molar-refractivity contribution in [2.24, 2.45) is 0 Å². The lowest BCUT2D eigenvalue weighted by molar-refractivity contribution is -0.133. The van der Waals surface area contributed by atoms with Crippen LogP contribution in [0.1, 0.15) is 18.2 Å². The number of hydrogen-bond donors (Lipinski definition) is 1. The van der Waals surface area contributed by atoms with E-state index in [1.807, 2.05) is 0 Å². The molecular weight excluding hydrogens is 160 g/mol. The first-order valence-corrected chi connectivity index (χ1v) is 3.52. The topological polar surface area (TPSA) is 59.7 Å². The van der Waals surface area contributed by atoms with Crippen molar-refractivity contribution in [3.63, 3.8) is 0 Å². The van der Waals surface area contributed by atoms with E-state index in [0.29, 0.717) is 11.3 Å². The maximum absolute atomic E-state index is 10.5. The lowest BCUT2D eigenvalue weighted by Gasteiger charge is -1.91. The van der Waals surface area contributed by atoms with Gasteiger partial charge in [0, 0.05) is 18.6 Å². The van der Waals surface area contributed by atoms with Crippen LogP contribution in [-0.2, 0) is 11.4 Å². The molecule has 0 amide bonds. The highest BCUT2D eigenvalue weighted by Gasteiger charge is 2.08. The second-order valence-electron chi connectivity index (χ2n) is 2.40. The van der Waals surface area contributed by atoms with E-state index in [9.17, 15) is 4.79 Å². The zero-order chi connectivity index (χ0) is 9.14. The SMILES string of the molecule is CC(=O)Oc1cc(CO)c(C)o1. The van der Waals surface area contributed by atoms with E-state index >= 15 is 0 Å². The molecule has 0 aliphatic carbocycles. The molecule has 0 aliphatic heterocycles. The number of carbonyl (C=O) groups is 1. The third-order valence-electron chi connectivity index (χ3n) is 1.41. The van der Waals surface area contributed by atoms with Crippen molar-refractivity contribution in [2.45, 2.75) is 20.5 Å². The van der Waals surface area contributed by atoms with Crippen LogP contribution in [0.5, 0.6) is 5.95 Å². The number of carbonyl (C=O) groups excluding carboxylic acids is 1. The van der Waals surface area contributed by atoms with Crippen molar-refractivity contribution in [3.8, 4) is 5.95 Å². The van der Waals surface area contributed by atoms with Gasteiger partial charge in [0.2, 0.25) is 0 Å². The van der Waals surface area contributed by atoms with E-state index in [0.717, 1.165) is 0 Å². The normalized spacial score (nSPS) is 9.92. The predicted octanol–water partition coefficient (Wildman–Crippen LogP) is 1.01. The van der Waals surface area contributed by atoms with Crippen molar-refractivity contribution in [2.75, 3.05) is 0 Å². The van der Waals surface area contributed by atoms with E-state index < -0.39 is 5.97 Å². The molecule has 1 aromatic rings. The van der Waals surface area contributed by atoms with Gasteiger partial charge < -0.3 is 14.3 Å². The first-order valence-electron chi connectivity index (χ1n) is 3.52. The Labute approximate surface area is 69.8 Å². The smallest absolute Gasteiger partial charge is 0.310 e. The summed E-state index contributed by atoms with van der Waals surface area (Å²) in [6.07, 6.45) is 0. The minimum Gasteiger partial charge on any atom is -0.430 e. The van der Waals surface area contributed by atoms with Gasteiger partial charge >= 0.3 is 5.97 Å². The van der Waals surface area contributed by atoms with Crippen molar-refractivity contribution in [3.05, 3.63) is 17.4 Å². The second kappa shape index (κ2) is 3.40. The van der Waals surface area contributed by atoms with E-state index in [-0.39, 0.29) is 12.6 Å². The van der Waals surface area contributed by atoms with Crippen LogP contribution in [0.2, 0.25) is 0 Å². The Morgan fingerprint density at radius 1 is 1.75 bits per heavy atom. The summed E-state index contributed by atoms with van der Waals surface area (Å²) in [6, 6.07) is 1.50. The van der Waals surface area contributed by atoms with Crippen molar-refractivity contribution >= 4 is 5.97 Å². The van der Waals surface area contributed by atoms with Gasteiger partial charge in [-0.25, -0.2) is 0 Å². The molecule has 1 aromatic heterocycles. The molecule has 0 saturated carbocycles. The molecule has 0 fully saturated rings. The van der Waals surface area contributed by atoms with Gasteiger partial charge in [0.25, 0.3) is 5.95 Å². The highest BCUT2D eigenvalue weighted by molar-refractivity contribution is 5.68. The number of ether oxygens (including phenoxy) is 1. The Balaban J connectivity index is 2.82. The number of rotatable bonds is 2.